The molecule has 0 unspecified atom stereocenters. The minimum atomic E-state index is 0. The van der Waals surface area contributed by atoms with Gasteiger partial charge in [0.05, 0.1) is 6.04 Å². The molecule has 2 aliphatic heterocycles. The first-order chi connectivity index (χ1) is 10.3. The third-order valence-electron chi connectivity index (χ3n) is 4.79. The van der Waals surface area contributed by atoms with Crippen LogP contribution in [0.4, 0.5) is 0 Å². The average molecular weight is 318 g/mol. The van der Waals surface area contributed by atoms with Crippen molar-refractivity contribution in [3.8, 4) is 0 Å². The number of benzene rings is 1. The number of carbonyl (C=O) groups is 1. The summed E-state index contributed by atoms with van der Waals surface area (Å²) in [6.07, 6.45) is 1.81. The Labute approximate surface area is 136 Å². The minimum Gasteiger partial charge on any atom is -0.357 e. The van der Waals surface area contributed by atoms with Crippen molar-refractivity contribution >= 4 is 18.3 Å². The summed E-state index contributed by atoms with van der Waals surface area (Å²) in [4.78, 5) is 17.9. The zero-order valence-corrected chi connectivity index (χ0v) is 13.1. The van der Waals surface area contributed by atoms with Gasteiger partial charge in [0.15, 0.2) is 0 Å². The predicted octanol–water partition coefficient (Wildman–Crippen LogP) is 2.47. The smallest absolute Gasteiger partial charge is 0.270 e. The molecule has 3 atom stereocenters. The number of fused-ring (bicyclic) bond motifs is 1. The normalized spacial score (nSPS) is 26.5. The summed E-state index contributed by atoms with van der Waals surface area (Å²) in [6, 6.07) is 14.3. The third kappa shape index (κ3) is 2.42. The molecular weight excluding hydrogens is 298 g/mol. The fraction of sp³-hybridized carbons (Fsp3) is 0.353. The number of H-pyrrole nitrogens is 1. The van der Waals surface area contributed by atoms with Crippen LogP contribution in [0.2, 0.25) is 0 Å². The maximum absolute atomic E-state index is 12.8. The summed E-state index contributed by atoms with van der Waals surface area (Å²) >= 11 is 0. The van der Waals surface area contributed by atoms with Crippen LogP contribution in [0.3, 0.4) is 0 Å². The summed E-state index contributed by atoms with van der Waals surface area (Å²) in [5.74, 6) is 1.20. The van der Waals surface area contributed by atoms with E-state index in [9.17, 15) is 4.79 Å². The Bertz CT molecular complexity index is 629. The van der Waals surface area contributed by atoms with Gasteiger partial charge in [-0.25, -0.2) is 0 Å². The Kier molecular flexibility index (Phi) is 4.23. The van der Waals surface area contributed by atoms with E-state index in [4.69, 9.17) is 0 Å². The van der Waals surface area contributed by atoms with Crippen LogP contribution in [0.5, 0.6) is 0 Å². The summed E-state index contributed by atoms with van der Waals surface area (Å²) in [5.41, 5.74) is 1.93. The molecule has 4 rings (SSSR count). The number of hydrogen-bond acceptors (Lipinski definition) is 2. The van der Waals surface area contributed by atoms with Gasteiger partial charge in [-0.15, -0.1) is 12.4 Å². The number of nitrogens with zero attached hydrogens (tertiary/aromatic N) is 1. The van der Waals surface area contributed by atoms with Crippen molar-refractivity contribution in [2.75, 3.05) is 19.6 Å². The van der Waals surface area contributed by atoms with Crippen molar-refractivity contribution in [2.45, 2.75) is 6.04 Å². The SMILES string of the molecule is Cl.O=C(c1ccc[nH]1)N1C[C@@H]2CNC[C@@H]2[C@@H]1c1ccccc1. The molecule has 0 bridgehead atoms. The molecule has 2 aromatic rings. The highest BCUT2D eigenvalue weighted by molar-refractivity contribution is 5.93. The van der Waals surface area contributed by atoms with E-state index >= 15 is 0 Å². The van der Waals surface area contributed by atoms with Crippen molar-refractivity contribution in [1.29, 1.82) is 0 Å². The first kappa shape index (κ1) is 15.1. The lowest BCUT2D eigenvalue weighted by Crippen LogP contribution is -2.34. The van der Waals surface area contributed by atoms with Crippen LogP contribution < -0.4 is 5.32 Å². The standard InChI is InChI=1S/C17H19N3O.ClH/c21-17(15-7-4-8-19-15)20-11-13-9-18-10-14(13)16(20)12-5-2-1-3-6-12;/h1-8,13-14,16,18-19H,9-11H2;1H/t13-,14-,16-;/m0./s1. The van der Waals surface area contributed by atoms with Crippen molar-refractivity contribution in [1.82, 2.24) is 15.2 Å². The number of aromatic amines is 1. The number of carbonyl (C=O) groups excluding carboxylic acids is 1. The molecule has 1 aromatic heterocycles. The maximum atomic E-state index is 12.8. The predicted molar refractivity (Wildman–Crippen MR) is 88.1 cm³/mol. The third-order valence-corrected chi connectivity index (χ3v) is 4.79. The minimum absolute atomic E-state index is 0. The van der Waals surface area contributed by atoms with Gasteiger partial charge in [-0.2, -0.15) is 0 Å². The second kappa shape index (κ2) is 6.15. The topological polar surface area (TPSA) is 48.1 Å². The van der Waals surface area contributed by atoms with Gasteiger partial charge < -0.3 is 15.2 Å². The fourth-order valence-electron chi connectivity index (χ4n) is 3.82. The Morgan fingerprint density at radius 1 is 1.09 bits per heavy atom. The summed E-state index contributed by atoms with van der Waals surface area (Å²) < 4.78 is 0. The van der Waals surface area contributed by atoms with E-state index in [2.05, 4.69) is 39.5 Å². The van der Waals surface area contributed by atoms with Crippen LogP contribution in [0, 0.1) is 11.8 Å². The average Bonchev–Trinajstić information content (AvgIpc) is 3.23. The molecular formula is C17H20ClN3O. The Morgan fingerprint density at radius 2 is 1.91 bits per heavy atom. The van der Waals surface area contributed by atoms with Crippen LogP contribution in [-0.2, 0) is 0 Å². The van der Waals surface area contributed by atoms with E-state index in [-0.39, 0.29) is 24.4 Å². The van der Waals surface area contributed by atoms with Gasteiger partial charge in [-0.05, 0) is 23.6 Å². The van der Waals surface area contributed by atoms with Gasteiger partial charge in [0, 0.05) is 31.7 Å². The quantitative estimate of drug-likeness (QED) is 0.894. The van der Waals surface area contributed by atoms with Crippen molar-refractivity contribution in [2.24, 2.45) is 11.8 Å². The first-order valence-corrected chi connectivity index (χ1v) is 7.54. The molecule has 1 aromatic carbocycles. The van der Waals surface area contributed by atoms with Crippen molar-refractivity contribution in [3.05, 3.63) is 59.9 Å². The Balaban J connectivity index is 0.00000144. The lowest BCUT2D eigenvalue weighted by atomic mass is 9.89. The molecule has 2 saturated heterocycles. The molecule has 2 N–H and O–H groups in total. The molecule has 0 aliphatic carbocycles. The second-order valence-corrected chi connectivity index (χ2v) is 5.98. The number of aromatic nitrogens is 1. The van der Waals surface area contributed by atoms with Gasteiger partial charge in [0.2, 0.25) is 0 Å². The summed E-state index contributed by atoms with van der Waals surface area (Å²) in [7, 11) is 0. The van der Waals surface area contributed by atoms with E-state index in [0.717, 1.165) is 19.6 Å². The Hall–Kier alpha value is -1.78. The number of amides is 1. The summed E-state index contributed by atoms with van der Waals surface area (Å²) in [6.45, 7) is 2.86. The monoisotopic (exact) mass is 317 g/mol. The van der Waals surface area contributed by atoms with E-state index in [1.807, 2.05) is 24.4 Å². The molecule has 5 heteroatoms. The van der Waals surface area contributed by atoms with Crippen molar-refractivity contribution < 1.29 is 4.79 Å². The zero-order chi connectivity index (χ0) is 14.2. The first-order valence-electron chi connectivity index (χ1n) is 7.54. The van der Waals surface area contributed by atoms with E-state index in [1.54, 1.807) is 0 Å². The van der Waals surface area contributed by atoms with E-state index in [0.29, 0.717) is 17.5 Å². The summed E-state index contributed by atoms with van der Waals surface area (Å²) in [5, 5.41) is 3.47. The molecule has 2 aliphatic rings. The number of rotatable bonds is 2. The highest BCUT2D eigenvalue weighted by Gasteiger charge is 2.46. The highest BCUT2D eigenvalue weighted by Crippen LogP contribution is 2.43. The van der Waals surface area contributed by atoms with E-state index in [1.165, 1.54) is 5.56 Å². The number of halogens is 1. The molecule has 2 fully saturated rings. The second-order valence-electron chi connectivity index (χ2n) is 5.98. The highest BCUT2D eigenvalue weighted by atomic mass is 35.5. The number of likely N-dealkylation sites (tertiary alicyclic amines) is 1. The van der Waals surface area contributed by atoms with Crippen LogP contribution in [-0.4, -0.2) is 35.4 Å². The van der Waals surface area contributed by atoms with Gasteiger partial charge in [0.1, 0.15) is 5.69 Å². The molecule has 1 amide bonds. The lowest BCUT2D eigenvalue weighted by Gasteiger charge is -2.28. The fourth-order valence-corrected chi connectivity index (χ4v) is 3.82. The molecule has 22 heavy (non-hydrogen) atoms. The lowest BCUT2D eigenvalue weighted by molar-refractivity contribution is 0.0709. The maximum Gasteiger partial charge on any atom is 0.270 e. The molecule has 0 radical (unpaired) electrons. The number of nitrogens with one attached hydrogen (secondary N) is 2. The van der Waals surface area contributed by atoms with Crippen LogP contribution in [0.15, 0.2) is 48.7 Å². The Morgan fingerprint density at radius 3 is 2.64 bits per heavy atom. The van der Waals surface area contributed by atoms with Gasteiger partial charge in [-0.1, -0.05) is 30.3 Å². The van der Waals surface area contributed by atoms with Gasteiger partial charge >= 0.3 is 0 Å². The molecule has 0 saturated carbocycles. The molecule has 116 valence electrons. The van der Waals surface area contributed by atoms with E-state index < -0.39 is 0 Å². The molecule has 4 nitrogen and oxygen atoms in total. The largest absolute Gasteiger partial charge is 0.357 e. The zero-order valence-electron chi connectivity index (χ0n) is 12.2. The number of hydrogen-bond donors (Lipinski definition) is 2. The molecule has 3 heterocycles. The van der Waals surface area contributed by atoms with Gasteiger partial charge in [-0.3, -0.25) is 4.79 Å². The van der Waals surface area contributed by atoms with Gasteiger partial charge in [0.25, 0.3) is 5.91 Å². The molecule has 0 spiro atoms. The van der Waals surface area contributed by atoms with Crippen LogP contribution in [0.1, 0.15) is 22.1 Å². The van der Waals surface area contributed by atoms with Crippen molar-refractivity contribution in [3.63, 3.8) is 0 Å². The van der Waals surface area contributed by atoms with Crippen LogP contribution in [0.25, 0.3) is 0 Å². The van der Waals surface area contributed by atoms with Crippen LogP contribution >= 0.6 is 12.4 Å².